The first-order valence-electron chi connectivity index (χ1n) is 10.0. The Morgan fingerprint density at radius 1 is 1.16 bits per heavy atom. The molecule has 0 aliphatic carbocycles. The van der Waals surface area contributed by atoms with Crippen molar-refractivity contribution in [3.05, 3.63) is 24.3 Å². The lowest BCUT2D eigenvalue weighted by atomic mass is 10.1. The smallest absolute Gasteiger partial charge is 0.358 e. The number of piperidine rings is 1. The maximum atomic E-state index is 12.3. The molecule has 0 unspecified atom stereocenters. The van der Waals surface area contributed by atoms with Crippen molar-refractivity contribution in [3.63, 3.8) is 0 Å². The van der Waals surface area contributed by atoms with Gasteiger partial charge in [0, 0.05) is 31.4 Å². The van der Waals surface area contributed by atoms with Crippen LogP contribution in [0.15, 0.2) is 18.6 Å². The Balaban J connectivity index is 0.00000363. The first-order valence-corrected chi connectivity index (χ1v) is 10.0. The van der Waals surface area contributed by atoms with Gasteiger partial charge in [0.1, 0.15) is 6.61 Å². The highest BCUT2D eigenvalue weighted by atomic mass is 35.5. The van der Waals surface area contributed by atoms with E-state index in [9.17, 15) is 9.59 Å². The molecular formula is C19H28ClN7O5. The van der Waals surface area contributed by atoms with Crippen molar-refractivity contribution in [2.24, 2.45) is 5.73 Å². The summed E-state index contributed by atoms with van der Waals surface area (Å²) in [6.07, 6.45) is 6.34. The number of hydrogen-bond donors (Lipinski definition) is 3. The molecule has 3 rings (SSSR count). The molecule has 1 saturated heterocycles. The summed E-state index contributed by atoms with van der Waals surface area (Å²) in [6, 6.07) is 0.129. The maximum Gasteiger partial charge on any atom is 0.358 e. The van der Waals surface area contributed by atoms with E-state index in [-0.39, 0.29) is 42.5 Å². The molecule has 5 N–H and O–H groups in total. The molecule has 1 aliphatic heterocycles. The largest absolute Gasteiger partial charge is 0.476 e. The molecule has 12 nitrogen and oxygen atoms in total. The van der Waals surface area contributed by atoms with E-state index in [1.165, 1.54) is 6.20 Å². The second-order valence-corrected chi connectivity index (χ2v) is 7.07. The Bertz CT molecular complexity index is 902. The lowest BCUT2D eigenvalue weighted by molar-refractivity contribution is -0.138. The normalized spacial score (nSPS) is 14.2. The molecule has 1 aliphatic rings. The molecule has 0 atom stereocenters. The standard InChI is InChI=1S/C19H27N7O5.ClH/c20-3-6-30-7-8-31-12-16(27)25-4-1-14(2-5-25)26-11-13(9-23-26)15-10-22-18(21)17(24-15)19(28)29;/h9-11,14H,1-8,12,20H2,(H2,21,22)(H,28,29);1H. The molecule has 0 saturated carbocycles. The Morgan fingerprint density at radius 2 is 1.88 bits per heavy atom. The first-order chi connectivity index (χ1) is 15.0. The van der Waals surface area contributed by atoms with E-state index in [2.05, 4.69) is 15.1 Å². The third-order valence-corrected chi connectivity index (χ3v) is 4.95. The number of halogens is 1. The number of carboxylic acid groups (broad SMARTS) is 1. The summed E-state index contributed by atoms with van der Waals surface area (Å²) in [6.45, 7) is 2.96. The van der Waals surface area contributed by atoms with Gasteiger partial charge >= 0.3 is 5.97 Å². The number of aromatic carboxylic acids is 1. The summed E-state index contributed by atoms with van der Waals surface area (Å²) >= 11 is 0. The van der Waals surface area contributed by atoms with Crippen LogP contribution >= 0.6 is 12.4 Å². The fourth-order valence-electron chi connectivity index (χ4n) is 3.30. The third-order valence-electron chi connectivity index (χ3n) is 4.95. The summed E-state index contributed by atoms with van der Waals surface area (Å²) in [5.74, 6) is -1.41. The minimum atomic E-state index is -1.23. The van der Waals surface area contributed by atoms with Crippen LogP contribution in [0.4, 0.5) is 5.82 Å². The van der Waals surface area contributed by atoms with Crippen LogP contribution in [-0.4, -0.2) is 87.7 Å². The maximum absolute atomic E-state index is 12.3. The summed E-state index contributed by atoms with van der Waals surface area (Å²) in [5, 5.41) is 13.6. The van der Waals surface area contributed by atoms with Gasteiger partial charge in [-0.3, -0.25) is 9.48 Å². The molecule has 0 aromatic carbocycles. The number of ether oxygens (including phenoxy) is 2. The van der Waals surface area contributed by atoms with E-state index in [1.54, 1.807) is 17.3 Å². The van der Waals surface area contributed by atoms with Crippen molar-refractivity contribution in [2.75, 3.05) is 51.8 Å². The Labute approximate surface area is 191 Å². The van der Waals surface area contributed by atoms with Crippen molar-refractivity contribution in [2.45, 2.75) is 18.9 Å². The summed E-state index contributed by atoms with van der Waals surface area (Å²) < 4.78 is 12.4. The zero-order valence-corrected chi connectivity index (χ0v) is 18.4. The lowest BCUT2D eigenvalue weighted by Gasteiger charge is -2.32. The highest BCUT2D eigenvalue weighted by molar-refractivity contribution is 5.90. The highest BCUT2D eigenvalue weighted by Crippen LogP contribution is 2.25. The number of amides is 1. The second kappa shape index (κ2) is 12.3. The quantitative estimate of drug-likeness (QED) is 0.408. The number of carbonyl (C=O) groups excluding carboxylic acids is 1. The minimum Gasteiger partial charge on any atom is -0.476 e. The van der Waals surface area contributed by atoms with Gasteiger partial charge in [-0.15, -0.1) is 12.4 Å². The van der Waals surface area contributed by atoms with Gasteiger partial charge < -0.3 is 30.9 Å². The fourth-order valence-corrected chi connectivity index (χ4v) is 3.30. The molecule has 0 radical (unpaired) electrons. The van der Waals surface area contributed by atoms with Crippen molar-refractivity contribution in [1.29, 1.82) is 0 Å². The molecule has 13 heteroatoms. The van der Waals surface area contributed by atoms with Gasteiger partial charge in [-0.05, 0) is 12.8 Å². The van der Waals surface area contributed by atoms with Gasteiger partial charge in [0.25, 0.3) is 0 Å². The molecule has 176 valence electrons. The molecule has 3 heterocycles. The number of anilines is 1. The van der Waals surface area contributed by atoms with Gasteiger partial charge in [-0.1, -0.05) is 0 Å². The van der Waals surface area contributed by atoms with Gasteiger partial charge in [0.05, 0.1) is 44.0 Å². The van der Waals surface area contributed by atoms with Crippen LogP contribution < -0.4 is 11.5 Å². The van der Waals surface area contributed by atoms with Crippen molar-refractivity contribution < 1.29 is 24.2 Å². The van der Waals surface area contributed by atoms with Gasteiger partial charge in [-0.25, -0.2) is 14.8 Å². The number of hydrogen-bond acceptors (Lipinski definition) is 9. The molecule has 0 spiro atoms. The number of carbonyl (C=O) groups is 2. The minimum absolute atomic E-state index is 0. The summed E-state index contributed by atoms with van der Waals surface area (Å²) in [4.78, 5) is 33.2. The average Bonchev–Trinajstić information content (AvgIpc) is 3.26. The molecule has 0 bridgehead atoms. The van der Waals surface area contributed by atoms with Gasteiger partial charge in [0.2, 0.25) is 5.91 Å². The number of nitrogen functional groups attached to an aromatic ring is 1. The zero-order valence-electron chi connectivity index (χ0n) is 17.6. The zero-order chi connectivity index (χ0) is 22.2. The number of nitrogens with zero attached hydrogens (tertiary/aromatic N) is 5. The van der Waals surface area contributed by atoms with E-state index >= 15 is 0 Å². The average molecular weight is 470 g/mol. The van der Waals surface area contributed by atoms with E-state index < -0.39 is 5.97 Å². The number of nitrogens with two attached hydrogens (primary N) is 2. The van der Waals surface area contributed by atoms with E-state index in [0.717, 1.165) is 12.8 Å². The third kappa shape index (κ3) is 6.60. The summed E-state index contributed by atoms with van der Waals surface area (Å²) in [5.41, 5.74) is 11.6. The number of carboxylic acids is 1. The molecule has 1 amide bonds. The molecule has 2 aromatic rings. The first kappa shape index (κ1) is 25.5. The van der Waals surface area contributed by atoms with E-state index in [1.807, 2.05) is 4.68 Å². The monoisotopic (exact) mass is 469 g/mol. The van der Waals surface area contributed by atoms with Crippen molar-refractivity contribution in [1.82, 2.24) is 24.6 Å². The number of aromatic nitrogens is 4. The lowest BCUT2D eigenvalue weighted by Crippen LogP contribution is -2.41. The topological polar surface area (TPSA) is 172 Å². The van der Waals surface area contributed by atoms with Crippen LogP contribution in [0.25, 0.3) is 11.3 Å². The van der Waals surface area contributed by atoms with Crippen molar-refractivity contribution >= 4 is 30.1 Å². The van der Waals surface area contributed by atoms with Crippen LogP contribution in [0.3, 0.4) is 0 Å². The SMILES string of the molecule is Cl.NCCOCCOCC(=O)N1CCC(n2cc(-c3cnc(N)c(C(=O)O)n3)cn2)CC1. The Kier molecular flexibility index (Phi) is 9.78. The second-order valence-electron chi connectivity index (χ2n) is 7.07. The molecular weight excluding hydrogens is 442 g/mol. The van der Waals surface area contributed by atoms with Crippen LogP contribution in [0.1, 0.15) is 29.4 Å². The molecule has 2 aromatic heterocycles. The predicted molar refractivity (Wildman–Crippen MR) is 117 cm³/mol. The van der Waals surface area contributed by atoms with E-state index in [4.69, 9.17) is 26.0 Å². The highest BCUT2D eigenvalue weighted by Gasteiger charge is 2.24. The van der Waals surface area contributed by atoms with Crippen LogP contribution in [0.5, 0.6) is 0 Å². The van der Waals surface area contributed by atoms with Gasteiger partial charge in [0.15, 0.2) is 11.5 Å². The molecule has 32 heavy (non-hydrogen) atoms. The van der Waals surface area contributed by atoms with E-state index in [0.29, 0.717) is 50.7 Å². The summed E-state index contributed by atoms with van der Waals surface area (Å²) in [7, 11) is 0. The van der Waals surface area contributed by atoms with Crippen LogP contribution in [-0.2, 0) is 14.3 Å². The van der Waals surface area contributed by atoms with Gasteiger partial charge in [-0.2, -0.15) is 5.10 Å². The fraction of sp³-hybridized carbons (Fsp3) is 0.526. The molecule has 1 fully saturated rings. The number of likely N-dealkylation sites (tertiary alicyclic amines) is 1. The van der Waals surface area contributed by atoms with Crippen molar-refractivity contribution in [3.8, 4) is 11.3 Å². The van der Waals surface area contributed by atoms with Crippen LogP contribution in [0, 0.1) is 0 Å². The Hall–Kier alpha value is -2.80. The Morgan fingerprint density at radius 3 is 2.56 bits per heavy atom. The number of rotatable bonds is 10. The predicted octanol–water partition coefficient (Wildman–Crippen LogP) is 0.198. The van der Waals surface area contributed by atoms with Crippen LogP contribution in [0.2, 0.25) is 0 Å².